The molecule has 1 amide bonds. The lowest BCUT2D eigenvalue weighted by molar-refractivity contribution is -0.0615. The minimum absolute atomic E-state index is 0.224. The predicted octanol–water partition coefficient (Wildman–Crippen LogP) is 4.98. The first-order valence-corrected chi connectivity index (χ1v) is 11.3. The van der Waals surface area contributed by atoms with E-state index in [1.54, 1.807) is 0 Å². The Hall–Kier alpha value is -3.18. The second kappa shape index (κ2) is 8.40. The molecular formula is C27H29N3O2. The number of piperidine rings is 1. The van der Waals surface area contributed by atoms with Crippen LogP contribution in [0.1, 0.15) is 36.6 Å². The van der Waals surface area contributed by atoms with E-state index in [1.807, 2.05) is 59.6 Å². The molecule has 5 rings (SSSR count). The van der Waals surface area contributed by atoms with Crippen LogP contribution in [-0.2, 0) is 23.4 Å². The molecule has 1 atom stereocenters. The van der Waals surface area contributed by atoms with Gasteiger partial charge in [0.05, 0.1) is 12.2 Å². The number of carbonyl (C=O) groups is 1. The van der Waals surface area contributed by atoms with Crippen LogP contribution in [0, 0.1) is 0 Å². The molecule has 0 radical (unpaired) electrons. The van der Waals surface area contributed by atoms with Gasteiger partial charge >= 0.3 is 6.09 Å². The molecule has 164 valence electrons. The monoisotopic (exact) mass is 427 g/mol. The van der Waals surface area contributed by atoms with Crippen molar-refractivity contribution in [3.63, 3.8) is 0 Å². The van der Waals surface area contributed by atoms with Crippen LogP contribution in [-0.4, -0.2) is 39.6 Å². The molecule has 1 unspecified atom stereocenters. The van der Waals surface area contributed by atoms with Crippen LogP contribution in [0.5, 0.6) is 0 Å². The van der Waals surface area contributed by atoms with Crippen LogP contribution < -0.4 is 0 Å². The lowest BCUT2D eigenvalue weighted by Gasteiger charge is -2.48. The molecule has 3 heterocycles. The molecule has 2 aliphatic rings. The first-order chi connectivity index (χ1) is 15.6. The van der Waals surface area contributed by atoms with Gasteiger partial charge in [-0.15, -0.1) is 0 Å². The van der Waals surface area contributed by atoms with Gasteiger partial charge in [-0.3, -0.25) is 14.8 Å². The molecule has 3 aromatic rings. The number of hydrogen-bond acceptors (Lipinski definition) is 4. The zero-order valence-corrected chi connectivity index (χ0v) is 18.5. The number of carbonyl (C=O) groups excluding carboxylic acids is 1. The van der Waals surface area contributed by atoms with Gasteiger partial charge in [-0.2, -0.15) is 0 Å². The van der Waals surface area contributed by atoms with Crippen molar-refractivity contribution in [2.75, 3.05) is 13.1 Å². The number of pyridine rings is 1. The van der Waals surface area contributed by atoms with Gasteiger partial charge in [0.25, 0.3) is 0 Å². The van der Waals surface area contributed by atoms with Crippen LogP contribution in [0.4, 0.5) is 4.79 Å². The van der Waals surface area contributed by atoms with E-state index in [-0.39, 0.29) is 6.09 Å². The van der Waals surface area contributed by atoms with E-state index in [0.29, 0.717) is 6.54 Å². The number of aromatic nitrogens is 1. The summed E-state index contributed by atoms with van der Waals surface area (Å²) in [4.78, 5) is 22.1. The lowest BCUT2D eigenvalue weighted by Crippen LogP contribution is -2.58. The van der Waals surface area contributed by atoms with Crippen LogP contribution >= 0.6 is 0 Å². The molecule has 0 bridgehead atoms. The topological polar surface area (TPSA) is 45.7 Å². The number of ether oxygens (including phenoxy) is 1. The number of likely N-dealkylation sites (tertiary alicyclic amines) is 1. The van der Waals surface area contributed by atoms with E-state index >= 15 is 0 Å². The van der Waals surface area contributed by atoms with E-state index < -0.39 is 11.1 Å². The maximum atomic E-state index is 13.3. The van der Waals surface area contributed by atoms with Crippen molar-refractivity contribution in [2.45, 2.75) is 44.0 Å². The third-order valence-corrected chi connectivity index (χ3v) is 7.22. The summed E-state index contributed by atoms with van der Waals surface area (Å²) in [5.41, 5.74) is 2.21. The minimum atomic E-state index is -0.555. The summed E-state index contributed by atoms with van der Waals surface area (Å²) in [7, 11) is 0. The molecule has 0 N–H and O–H groups in total. The average molecular weight is 428 g/mol. The van der Waals surface area contributed by atoms with Crippen molar-refractivity contribution in [1.82, 2.24) is 14.8 Å². The van der Waals surface area contributed by atoms with Crippen LogP contribution in [0.2, 0.25) is 0 Å². The third kappa shape index (κ3) is 3.56. The van der Waals surface area contributed by atoms with E-state index in [0.717, 1.165) is 49.3 Å². The molecule has 2 aliphatic heterocycles. The Kier molecular flexibility index (Phi) is 5.43. The lowest BCUT2D eigenvalue weighted by atomic mass is 9.70. The summed E-state index contributed by atoms with van der Waals surface area (Å²) in [5.74, 6) is 0. The Morgan fingerprint density at radius 3 is 2.19 bits per heavy atom. The molecule has 5 nitrogen and oxygen atoms in total. The highest BCUT2D eigenvalue weighted by molar-refractivity contribution is 5.73. The number of nitrogens with zero attached hydrogens (tertiary/aromatic N) is 3. The molecule has 2 fully saturated rings. The number of benzene rings is 2. The summed E-state index contributed by atoms with van der Waals surface area (Å²) in [5, 5.41) is 0. The fraction of sp³-hybridized carbons (Fsp3) is 0.333. The number of rotatable bonds is 5. The molecule has 1 spiro atoms. The molecule has 2 saturated heterocycles. The molecule has 32 heavy (non-hydrogen) atoms. The van der Waals surface area contributed by atoms with Crippen LogP contribution in [0.25, 0.3) is 0 Å². The zero-order chi connectivity index (χ0) is 22.0. The molecule has 0 aliphatic carbocycles. The number of hydrogen-bond donors (Lipinski definition) is 0. The molecular weight excluding hydrogens is 398 g/mol. The van der Waals surface area contributed by atoms with Crippen molar-refractivity contribution < 1.29 is 9.53 Å². The molecule has 0 saturated carbocycles. The van der Waals surface area contributed by atoms with Gasteiger partial charge in [0.2, 0.25) is 0 Å². The maximum Gasteiger partial charge on any atom is 0.411 e. The fourth-order valence-corrected chi connectivity index (χ4v) is 5.30. The summed E-state index contributed by atoms with van der Waals surface area (Å²) < 4.78 is 6.29. The Labute approximate surface area is 189 Å². The standard InChI is InChI=1S/C27H29N3O2/c1-26(23-12-6-3-7-13-23)27(32-25(31)30(26)20-22-10-4-2-5-11-22)15-18-29(19-16-27)21-24-14-8-9-17-28-24/h2-14,17H,15-16,18-21H2,1H3. The van der Waals surface area contributed by atoms with Crippen molar-refractivity contribution in [3.05, 3.63) is 102 Å². The molecule has 1 aromatic heterocycles. The summed E-state index contributed by atoms with van der Waals surface area (Å²) in [6, 6.07) is 26.6. The smallest absolute Gasteiger partial charge is 0.411 e. The third-order valence-electron chi connectivity index (χ3n) is 7.22. The summed E-state index contributed by atoms with van der Waals surface area (Å²) in [6.45, 7) is 5.27. The largest absolute Gasteiger partial charge is 0.440 e. The summed E-state index contributed by atoms with van der Waals surface area (Å²) in [6.07, 6.45) is 3.20. The van der Waals surface area contributed by atoms with E-state index in [4.69, 9.17) is 4.74 Å². The van der Waals surface area contributed by atoms with Crippen molar-refractivity contribution in [1.29, 1.82) is 0 Å². The van der Waals surface area contributed by atoms with E-state index in [1.165, 1.54) is 0 Å². The average Bonchev–Trinajstić information content (AvgIpc) is 3.04. The Bertz CT molecular complexity index is 1050. The Morgan fingerprint density at radius 1 is 0.875 bits per heavy atom. The highest BCUT2D eigenvalue weighted by Crippen LogP contribution is 2.52. The first kappa shape index (κ1) is 20.7. The number of amides is 1. The van der Waals surface area contributed by atoms with Gasteiger partial charge in [0, 0.05) is 38.7 Å². The highest BCUT2D eigenvalue weighted by Gasteiger charge is 2.63. The second-order valence-corrected chi connectivity index (χ2v) is 8.97. The zero-order valence-electron chi connectivity index (χ0n) is 18.5. The van der Waals surface area contributed by atoms with Gasteiger partial charge in [-0.1, -0.05) is 66.7 Å². The first-order valence-electron chi connectivity index (χ1n) is 11.3. The quantitative estimate of drug-likeness (QED) is 0.576. The molecule has 2 aromatic carbocycles. The summed E-state index contributed by atoms with van der Waals surface area (Å²) >= 11 is 0. The SMILES string of the molecule is CC1(c2ccccc2)N(Cc2ccccc2)C(=O)OC12CCN(Cc1ccccn1)CC2. The van der Waals surface area contributed by atoms with Gasteiger partial charge in [0.1, 0.15) is 11.1 Å². The van der Waals surface area contributed by atoms with Gasteiger partial charge < -0.3 is 4.74 Å². The van der Waals surface area contributed by atoms with Gasteiger partial charge in [-0.05, 0) is 30.2 Å². The van der Waals surface area contributed by atoms with Crippen molar-refractivity contribution >= 4 is 6.09 Å². The molecule has 5 heteroatoms. The van der Waals surface area contributed by atoms with Crippen molar-refractivity contribution in [3.8, 4) is 0 Å². The van der Waals surface area contributed by atoms with Crippen LogP contribution in [0.15, 0.2) is 85.1 Å². The fourth-order valence-electron chi connectivity index (χ4n) is 5.30. The van der Waals surface area contributed by atoms with Crippen molar-refractivity contribution in [2.24, 2.45) is 0 Å². The highest BCUT2D eigenvalue weighted by atomic mass is 16.6. The van der Waals surface area contributed by atoms with Gasteiger partial charge in [0.15, 0.2) is 0 Å². The maximum absolute atomic E-state index is 13.3. The van der Waals surface area contributed by atoms with E-state index in [9.17, 15) is 4.79 Å². The normalized spacial score (nSPS) is 22.8. The Balaban J connectivity index is 1.44. The second-order valence-electron chi connectivity index (χ2n) is 8.97. The van der Waals surface area contributed by atoms with Crippen LogP contribution in [0.3, 0.4) is 0 Å². The minimum Gasteiger partial charge on any atom is -0.440 e. The predicted molar refractivity (Wildman–Crippen MR) is 124 cm³/mol. The van der Waals surface area contributed by atoms with E-state index in [2.05, 4.69) is 47.1 Å². The van der Waals surface area contributed by atoms with Gasteiger partial charge in [-0.25, -0.2) is 4.79 Å². The Morgan fingerprint density at radius 2 is 1.53 bits per heavy atom.